The lowest BCUT2D eigenvalue weighted by molar-refractivity contribution is -0.140. The van der Waals surface area contributed by atoms with Gasteiger partial charge >= 0.3 is 0 Å². The Morgan fingerprint density at radius 1 is 1.03 bits per heavy atom. The predicted octanol–water partition coefficient (Wildman–Crippen LogP) is 4.35. The maximum absolute atomic E-state index is 13.6. The number of likely N-dealkylation sites (N-methyl/N-ethyl adjacent to an activating group) is 1. The van der Waals surface area contributed by atoms with E-state index in [0.717, 1.165) is 16.1 Å². The fourth-order valence-electron chi connectivity index (χ4n) is 3.76. The molecule has 0 saturated heterocycles. The predicted molar refractivity (Wildman–Crippen MR) is 142 cm³/mol. The number of carbonyl (C=O) groups excluding carboxylic acids is 2. The fraction of sp³-hybridized carbons (Fsp3) is 0.462. The van der Waals surface area contributed by atoms with E-state index in [1.165, 1.54) is 4.90 Å². The average Bonchev–Trinajstić information content (AvgIpc) is 2.77. The zero-order valence-corrected chi connectivity index (χ0v) is 22.9. The molecule has 1 atom stereocenters. The number of nitrogens with zero attached hydrogens (tertiary/aromatic N) is 2. The van der Waals surface area contributed by atoms with Crippen molar-refractivity contribution in [3.8, 4) is 0 Å². The average molecular weight is 522 g/mol. The van der Waals surface area contributed by atoms with Gasteiger partial charge in [-0.05, 0) is 48.1 Å². The third-order valence-electron chi connectivity index (χ3n) is 5.74. The van der Waals surface area contributed by atoms with Gasteiger partial charge in [0.2, 0.25) is 21.8 Å². The molecule has 0 heterocycles. The molecule has 0 unspecified atom stereocenters. The maximum atomic E-state index is 13.6. The summed E-state index contributed by atoms with van der Waals surface area (Å²) >= 11 is 6.34. The first-order chi connectivity index (χ1) is 16.3. The van der Waals surface area contributed by atoms with Gasteiger partial charge in [-0.3, -0.25) is 13.9 Å². The smallest absolute Gasteiger partial charge is 0.244 e. The third kappa shape index (κ3) is 7.70. The van der Waals surface area contributed by atoms with Crippen LogP contribution < -0.4 is 9.62 Å². The minimum absolute atomic E-state index is 0.0781. The van der Waals surface area contributed by atoms with Crippen LogP contribution >= 0.6 is 11.6 Å². The first-order valence-corrected chi connectivity index (χ1v) is 13.9. The molecule has 0 aliphatic rings. The van der Waals surface area contributed by atoms with Crippen molar-refractivity contribution in [2.45, 2.75) is 59.0 Å². The van der Waals surface area contributed by atoms with Crippen molar-refractivity contribution in [2.24, 2.45) is 0 Å². The van der Waals surface area contributed by atoms with Crippen molar-refractivity contribution < 1.29 is 18.0 Å². The number of benzene rings is 2. The summed E-state index contributed by atoms with van der Waals surface area (Å²) in [6.45, 7) is 9.88. The van der Waals surface area contributed by atoms with Crippen molar-refractivity contribution in [2.75, 3.05) is 23.7 Å². The molecular weight excluding hydrogens is 486 g/mol. The zero-order chi connectivity index (χ0) is 26.4. The first-order valence-electron chi connectivity index (χ1n) is 11.7. The molecule has 2 amide bonds. The van der Waals surface area contributed by atoms with E-state index in [1.54, 1.807) is 43.3 Å². The number of hydrogen-bond acceptors (Lipinski definition) is 4. The van der Waals surface area contributed by atoms with Crippen LogP contribution in [0.1, 0.15) is 52.2 Å². The van der Waals surface area contributed by atoms with Gasteiger partial charge in [0, 0.05) is 18.1 Å². The highest BCUT2D eigenvalue weighted by Crippen LogP contribution is 2.26. The van der Waals surface area contributed by atoms with Crippen molar-refractivity contribution in [3.63, 3.8) is 0 Å². The molecule has 0 fully saturated rings. The van der Waals surface area contributed by atoms with Crippen LogP contribution in [-0.4, -0.2) is 50.5 Å². The van der Waals surface area contributed by atoms with Crippen LogP contribution in [0.15, 0.2) is 48.5 Å². The van der Waals surface area contributed by atoms with Gasteiger partial charge in [-0.25, -0.2) is 8.42 Å². The molecule has 2 rings (SSSR count). The van der Waals surface area contributed by atoms with E-state index < -0.39 is 28.5 Å². The van der Waals surface area contributed by atoms with Gasteiger partial charge in [0.15, 0.2) is 0 Å². The summed E-state index contributed by atoms with van der Waals surface area (Å²) in [6, 6.07) is 13.4. The van der Waals surface area contributed by atoms with E-state index in [0.29, 0.717) is 29.2 Å². The second kappa shape index (κ2) is 11.9. The molecule has 0 radical (unpaired) electrons. The Morgan fingerprint density at radius 2 is 1.63 bits per heavy atom. The van der Waals surface area contributed by atoms with E-state index >= 15 is 0 Å². The van der Waals surface area contributed by atoms with Gasteiger partial charge in [-0.1, -0.05) is 69.6 Å². The highest BCUT2D eigenvalue weighted by molar-refractivity contribution is 7.92. The number of hydrogen-bond donors (Lipinski definition) is 1. The molecule has 1 N–H and O–H groups in total. The summed E-state index contributed by atoms with van der Waals surface area (Å²) in [6.07, 6.45) is 1.43. The van der Waals surface area contributed by atoms with Crippen LogP contribution in [0.4, 0.5) is 5.69 Å². The molecular formula is C26H36ClN3O4S. The zero-order valence-electron chi connectivity index (χ0n) is 21.3. The summed E-state index contributed by atoms with van der Waals surface area (Å²) in [5, 5.41) is 3.24. The molecule has 9 heteroatoms. The molecule has 7 nitrogen and oxygen atoms in total. The number of anilines is 1. The van der Waals surface area contributed by atoms with Crippen molar-refractivity contribution >= 4 is 39.1 Å². The standard InChI is InChI=1S/C26H36ClN3O4S/c1-7-23(25(32)28-8-2)29(17-19-11-9-10-12-22(19)27)24(31)18-30(35(6,33)34)21-15-13-20(14-16-21)26(3,4)5/h9-16,23H,7-8,17-18H2,1-6H3,(H,28,32)/t23-/m0/s1. The van der Waals surface area contributed by atoms with Gasteiger partial charge in [0.25, 0.3) is 0 Å². The van der Waals surface area contributed by atoms with Crippen LogP contribution in [0.5, 0.6) is 0 Å². The molecule has 0 aliphatic carbocycles. The molecule has 0 aromatic heterocycles. The van der Waals surface area contributed by atoms with E-state index in [4.69, 9.17) is 11.6 Å². The van der Waals surface area contributed by atoms with E-state index in [9.17, 15) is 18.0 Å². The summed E-state index contributed by atoms with van der Waals surface area (Å²) in [5.74, 6) is -0.788. The molecule has 2 aromatic rings. The Labute approximate surface area is 214 Å². The van der Waals surface area contributed by atoms with Crippen LogP contribution in [0, 0.1) is 0 Å². The molecule has 0 spiro atoms. The normalized spacial score (nSPS) is 12.7. The second-order valence-electron chi connectivity index (χ2n) is 9.50. The van der Waals surface area contributed by atoms with Crippen molar-refractivity contribution in [1.82, 2.24) is 10.2 Å². The molecule has 2 aromatic carbocycles. The lowest BCUT2D eigenvalue weighted by Gasteiger charge is -2.33. The largest absolute Gasteiger partial charge is 0.355 e. The maximum Gasteiger partial charge on any atom is 0.244 e. The number of nitrogens with one attached hydrogen (secondary N) is 1. The minimum atomic E-state index is -3.78. The number of amides is 2. The SMILES string of the molecule is CCNC(=O)[C@H](CC)N(Cc1ccccc1Cl)C(=O)CN(c1ccc(C(C)(C)C)cc1)S(C)(=O)=O. The van der Waals surface area contributed by atoms with Crippen LogP contribution in [-0.2, 0) is 31.6 Å². The van der Waals surface area contributed by atoms with Crippen LogP contribution in [0.25, 0.3) is 0 Å². The highest BCUT2D eigenvalue weighted by atomic mass is 35.5. The van der Waals surface area contributed by atoms with Crippen molar-refractivity contribution in [3.05, 3.63) is 64.7 Å². The molecule has 192 valence electrons. The third-order valence-corrected chi connectivity index (χ3v) is 7.25. The number of sulfonamides is 1. The lowest BCUT2D eigenvalue weighted by atomic mass is 9.87. The fourth-order valence-corrected chi connectivity index (χ4v) is 4.81. The molecule has 0 aliphatic heterocycles. The summed E-state index contributed by atoms with van der Waals surface area (Å²) in [5.41, 5.74) is 2.00. The Balaban J connectivity index is 2.45. The Morgan fingerprint density at radius 3 is 2.11 bits per heavy atom. The van der Waals surface area contributed by atoms with E-state index in [1.807, 2.05) is 19.1 Å². The monoisotopic (exact) mass is 521 g/mol. The van der Waals surface area contributed by atoms with E-state index in [-0.39, 0.29) is 17.9 Å². The van der Waals surface area contributed by atoms with Crippen LogP contribution in [0.2, 0.25) is 5.02 Å². The second-order valence-corrected chi connectivity index (χ2v) is 11.8. The lowest BCUT2D eigenvalue weighted by Crippen LogP contribution is -2.52. The number of halogens is 1. The van der Waals surface area contributed by atoms with Gasteiger partial charge in [0.1, 0.15) is 12.6 Å². The minimum Gasteiger partial charge on any atom is -0.355 e. The van der Waals surface area contributed by atoms with Gasteiger partial charge < -0.3 is 10.2 Å². The topological polar surface area (TPSA) is 86.8 Å². The summed E-state index contributed by atoms with van der Waals surface area (Å²) in [4.78, 5) is 27.8. The molecule has 35 heavy (non-hydrogen) atoms. The van der Waals surface area contributed by atoms with Gasteiger partial charge in [-0.15, -0.1) is 0 Å². The van der Waals surface area contributed by atoms with Gasteiger partial charge in [0.05, 0.1) is 11.9 Å². The molecule has 0 saturated carbocycles. The van der Waals surface area contributed by atoms with Gasteiger partial charge in [-0.2, -0.15) is 0 Å². The number of rotatable bonds is 10. The molecule has 0 bridgehead atoms. The van der Waals surface area contributed by atoms with Crippen LogP contribution in [0.3, 0.4) is 0 Å². The summed E-state index contributed by atoms with van der Waals surface area (Å²) < 4.78 is 26.5. The Kier molecular flexibility index (Phi) is 9.75. The quantitative estimate of drug-likeness (QED) is 0.503. The number of carbonyl (C=O) groups is 2. The Bertz CT molecular complexity index is 1130. The highest BCUT2D eigenvalue weighted by Gasteiger charge is 2.32. The van der Waals surface area contributed by atoms with Crippen molar-refractivity contribution in [1.29, 1.82) is 0 Å². The Hall–Kier alpha value is -2.58. The van der Waals surface area contributed by atoms with E-state index in [2.05, 4.69) is 26.1 Å². The first kappa shape index (κ1) is 28.7. The summed E-state index contributed by atoms with van der Waals surface area (Å²) in [7, 11) is -3.78.